The Labute approximate surface area is 97.6 Å². The van der Waals surface area contributed by atoms with Crippen molar-refractivity contribution in [1.29, 1.82) is 0 Å². The second-order valence-electron chi connectivity index (χ2n) is 6.40. The summed E-state index contributed by atoms with van der Waals surface area (Å²) in [7, 11) is 0. The lowest BCUT2D eigenvalue weighted by atomic mass is 9.50. The molecule has 1 aliphatic carbocycles. The van der Waals surface area contributed by atoms with Crippen LogP contribution in [0, 0.1) is 23.2 Å². The lowest BCUT2D eigenvalue weighted by Crippen LogP contribution is -2.76. The van der Waals surface area contributed by atoms with Crippen LogP contribution in [0.3, 0.4) is 0 Å². The maximum atomic E-state index is 11.2. The minimum atomic E-state index is -0.425. The lowest BCUT2D eigenvalue weighted by molar-refractivity contribution is -0.173. The van der Waals surface area contributed by atoms with Crippen LogP contribution in [0.5, 0.6) is 0 Å². The number of nitrogens with one attached hydrogen (secondary N) is 1. The fourth-order valence-electron chi connectivity index (χ4n) is 3.59. The minimum absolute atomic E-state index is 0.0741. The van der Waals surface area contributed by atoms with Gasteiger partial charge in [-0.05, 0) is 23.2 Å². The molecule has 1 amide bonds. The smallest absolute Gasteiger partial charge is 0.223 e. The molecule has 1 heterocycles. The molecule has 3 heteroatoms. The molecule has 0 radical (unpaired) electrons. The average Bonchev–Trinajstić information content (AvgIpc) is 2.18. The van der Waals surface area contributed by atoms with E-state index in [0.29, 0.717) is 18.3 Å². The Kier molecular flexibility index (Phi) is 2.40. The molecule has 2 rings (SSSR count). The predicted molar refractivity (Wildman–Crippen MR) is 62.8 cm³/mol. The van der Waals surface area contributed by atoms with Crippen LogP contribution in [-0.4, -0.2) is 22.7 Å². The molecule has 92 valence electrons. The molecule has 0 bridgehead atoms. The van der Waals surface area contributed by atoms with E-state index in [1.54, 1.807) is 0 Å². The summed E-state index contributed by atoms with van der Waals surface area (Å²) in [6.07, 6.45) is 0.0616. The number of rotatable bonds is 0. The average molecular weight is 225 g/mol. The van der Waals surface area contributed by atoms with E-state index in [9.17, 15) is 9.90 Å². The molecule has 1 spiro atoms. The molecular formula is C13H23NO2. The highest BCUT2D eigenvalue weighted by Crippen LogP contribution is 2.54. The number of aliphatic hydroxyl groups excluding tert-OH is 1. The van der Waals surface area contributed by atoms with E-state index >= 15 is 0 Å². The molecule has 1 saturated carbocycles. The highest BCUT2D eigenvalue weighted by atomic mass is 16.3. The quantitative estimate of drug-likeness (QED) is 0.615. The standard InChI is InChI=1S/C13H23NO2/c1-7-8(2)13(6-10(15)14-13)11(16)9(3)12(7,4)5/h7-9,11,16H,6H2,1-5H3,(H,14,15). The second kappa shape index (κ2) is 3.22. The number of aliphatic hydroxyl groups is 1. The Balaban J connectivity index is 2.34. The fraction of sp³-hybridized carbons (Fsp3) is 0.923. The van der Waals surface area contributed by atoms with Crippen LogP contribution in [0.4, 0.5) is 0 Å². The van der Waals surface area contributed by atoms with E-state index in [-0.39, 0.29) is 22.8 Å². The minimum Gasteiger partial charge on any atom is -0.390 e. The van der Waals surface area contributed by atoms with E-state index in [2.05, 4.69) is 39.9 Å². The monoisotopic (exact) mass is 225 g/mol. The molecule has 3 nitrogen and oxygen atoms in total. The van der Waals surface area contributed by atoms with Gasteiger partial charge >= 0.3 is 0 Å². The predicted octanol–water partition coefficient (Wildman–Crippen LogP) is 1.55. The van der Waals surface area contributed by atoms with E-state index in [4.69, 9.17) is 0 Å². The number of carbonyl (C=O) groups is 1. The summed E-state index contributed by atoms with van der Waals surface area (Å²) in [4.78, 5) is 11.2. The molecule has 5 atom stereocenters. The summed E-state index contributed by atoms with van der Waals surface area (Å²) in [5, 5.41) is 13.4. The first-order valence-electron chi connectivity index (χ1n) is 6.22. The van der Waals surface area contributed by atoms with Gasteiger partial charge in [0.1, 0.15) is 0 Å². The first kappa shape index (κ1) is 11.9. The normalized spacial score (nSPS) is 51.0. The van der Waals surface area contributed by atoms with Crippen LogP contribution in [0.1, 0.15) is 41.0 Å². The summed E-state index contributed by atoms with van der Waals surface area (Å²) < 4.78 is 0. The molecule has 0 aromatic rings. The van der Waals surface area contributed by atoms with Gasteiger partial charge in [-0.1, -0.05) is 34.6 Å². The number of hydrogen-bond donors (Lipinski definition) is 2. The van der Waals surface area contributed by atoms with Crippen LogP contribution >= 0.6 is 0 Å². The van der Waals surface area contributed by atoms with E-state index in [0.717, 1.165) is 0 Å². The van der Waals surface area contributed by atoms with Gasteiger partial charge in [-0.3, -0.25) is 4.79 Å². The highest BCUT2D eigenvalue weighted by molar-refractivity contribution is 5.85. The number of carbonyl (C=O) groups excluding carboxylic acids is 1. The van der Waals surface area contributed by atoms with Gasteiger partial charge in [-0.15, -0.1) is 0 Å². The van der Waals surface area contributed by atoms with Crippen molar-refractivity contribution in [3.05, 3.63) is 0 Å². The SMILES string of the molecule is CC1C(C)C2(CC(=O)N2)C(O)C(C)C1(C)C. The highest BCUT2D eigenvalue weighted by Gasteiger charge is 2.62. The Hall–Kier alpha value is -0.570. The first-order chi connectivity index (χ1) is 7.23. The van der Waals surface area contributed by atoms with Crippen molar-refractivity contribution in [3.63, 3.8) is 0 Å². The van der Waals surface area contributed by atoms with Crippen molar-refractivity contribution in [2.75, 3.05) is 0 Å². The molecule has 0 aromatic carbocycles. The summed E-state index contributed by atoms with van der Waals surface area (Å²) in [5.41, 5.74) is -0.240. The largest absolute Gasteiger partial charge is 0.390 e. The number of amides is 1. The topological polar surface area (TPSA) is 49.3 Å². The van der Waals surface area contributed by atoms with Crippen LogP contribution in [0.25, 0.3) is 0 Å². The maximum absolute atomic E-state index is 11.2. The summed E-state index contributed by atoms with van der Waals surface area (Å²) in [6.45, 7) is 10.9. The van der Waals surface area contributed by atoms with Gasteiger partial charge in [-0.25, -0.2) is 0 Å². The molecular weight excluding hydrogens is 202 g/mol. The Morgan fingerprint density at radius 3 is 2.12 bits per heavy atom. The lowest BCUT2D eigenvalue weighted by Gasteiger charge is -2.62. The summed E-state index contributed by atoms with van der Waals surface area (Å²) in [6, 6.07) is 0. The van der Waals surface area contributed by atoms with Crippen molar-refractivity contribution < 1.29 is 9.90 Å². The third-order valence-corrected chi connectivity index (χ3v) is 5.74. The molecule has 2 N–H and O–H groups in total. The van der Waals surface area contributed by atoms with Gasteiger partial charge in [-0.2, -0.15) is 0 Å². The van der Waals surface area contributed by atoms with Gasteiger partial charge in [0, 0.05) is 0 Å². The molecule has 2 fully saturated rings. The zero-order valence-corrected chi connectivity index (χ0v) is 10.9. The van der Waals surface area contributed by atoms with E-state index in [1.807, 2.05) is 0 Å². The van der Waals surface area contributed by atoms with Crippen molar-refractivity contribution >= 4 is 5.91 Å². The third kappa shape index (κ3) is 1.21. The zero-order valence-electron chi connectivity index (χ0n) is 10.9. The van der Waals surface area contributed by atoms with Crippen molar-refractivity contribution in [2.24, 2.45) is 23.2 Å². The molecule has 2 aliphatic rings. The van der Waals surface area contributed by atoms with Crippen molar-refractivity contribution in [3.8, 4) is 0 Å². The van der Waals surface area contributed by atoms with Gasteiger partial charge in [0.05, 0.1) is 18.1 Å². The van der Waals surface area contributed by atoms with Crippen LogP contribution < -0.4 is 5.32 Å². The van der Waals surface area contributed by atoms with E-state index in [1.165, 1.54) is 0 Å². The van der Waals surface area contributed by atoms with Crippen LogP contribution in [0.15, 0.2) is 0 Å². The molecule has 1 saturated heterocycles. The Morgan fingerprint density at radius 2 is 1.69 bits per heavy atom. The summed E-state index contributed by atoms with van der Waals surface area (Å²) >= 11 is 0. The van der Waals surface area contributed by atoms with Crippen molar-refractivity contribution in [1.82, 2.24) is 5.32 Å². The van der Waals surface area contributed by atoms with Gasteiger partial charge in [0.25, 0.3) is 0 Å². The number of β-lactam (4-membered cyclic amide) rings is 1. The molecule has 1 aliphatic heterocycles. The van der Waals surface area contributed by atoms with Gasteiger partial charge in [0.15, 0.2) is 0 Å². The van der Waals surface area contributed by atoms with Crippen LogP contribution in [-0.2, 0) is 4.79 Å². The molecule has 0 aromatic heterocycles. The van der Waals surface area contributed by atoms with Gasteiger partial charge < -0.3 is 10.4 Å². The maximum Gasteiger partial charge on any atom is 0.223 e. The van der Waals surface area contributed by atoms with E-state index < -0.39 is 6.10 Å². The second-order valence-corrected chi connectivity index (χ2v) is 6.40. The fourth-order valence-corrected chi connectivity index (χ4v) is 3.59. The summed E-state index contributed by atoms with van der Waals surface area (Å²) in [5.74, 6) is 1.10. The third-order valence-electron chi connectivity index (χ3n) is 5.74. The number of hydrogen-bond acceptors (Lipinski definition) is 2. The zero-order chi connectivity index (χ0) is 12.3. The van der Waals surface area contributed by atoms with Crippen molar-refractivity contribution in [2.45, 2.75) is 52.7 Å². The Bertz CT molecular complexity index is 296. The first-order valence-corrected chi connectivity index (χ1v) is 6.22. The van der Waals surface area contributed by atoms with Crippen LogP contribution in [0.2, 0.25) is 0 Å². The molecule has 5 unspecified atom stereocenters. The van der Waals surface area contributed by atoms with Gasteiger partial charge in [0.2, 0.25) is 5.91 Å². The molecule has 16 heavy (non-hydrogen) atoms. The Morgan fingerprint density at radius 1 is 1.19 bits per heavy atom.